The van der Waals surface area contributed by atoms with E-state index >= 15 is 0 Å². The van der Waals surface area contributed by atoms with Gasteiger partial charge in [-0.25, -0.2) is 0 Å². The van der Waals surface area contributed by atoms with Gasteiger partial charge in [0.25, 0.3) is 5.91 Å². The molecule has 3 aromatic carbocycles. The molecule has 3 aromatic rings. The average Bonchev–Trinajstić information content (AvgIpc) is 2.96. The fourth-order valence-electron chi connectivity index (χ4n) is 5.45. The van der Waals surface area contributed by atoms with Crippen molar-refractivity contribution in [2.45, 2.75) is 50.0 Å². The van der Waals surface area contributed by atoms with Crippen molar-refractivity contribution in [3.63, 3.8) is 0 Å². The number of ketones is 1. The second-order valence-electron chi connectivity index (χ2n) is 10.6. The second kappa shape index (κ2) is 12.9. The lowest BCUT2D eigenvalue weighted by atomic mass is 9.70. The lowest BCUT2D eigenvalue weighted by molar-refractivity contribution is -0.143. The van der Waals surface area contributed by atoms with E-state index in [-0.39, 0.29) is 28.3 Å². The van der Waals surface area contributed by atoms with Crippen LogP contribution in [0.4, 0.5) is 26.3 Å². The quantitative estimate of drug-likeness (QED) is 0.250. The van der Waals surface area contributed by atoms with E-state index in [0.717, 1.165) is 5.56 Å². The predicted molar refractivity (Wildman–Crippen MR) is 152 cm³/mol. The van der Waals surface area contributed by atoms with E-state index in [1.165, 1.54) is 12.1 Å². The average molecular weight is 645 g/mol. The van der Waals surface area contributed by atoms with E-state index in [1.54, 1.807) is 13.0 Å². The smallest absolute Gasteiger partial charge is 0.345 e. The minimum absolute atomic E-state index is 0.0277. The van der Waals surface area contributed by atoms with E-state index in [2.05, 4.69) is 10.2 Å². The molecule has 43 heavy (non-hydrogen) atoms. The van der Waals surface area contributed by atoms with Crippen LogP contribution in [-0.2, 0) is 22.6 Å². The van der Waals surface area contributed by atoms with E-state index in [0.29, 0.717) is 50.2 Å². The van der Waals surface area contributed by atoms with Gasteiger partial charge in [-0.05, 0) is 80.7 Å². The molecule has 1 N–H and O–H groups in total. The molecule has 1 amide bonds. The first-order valence-electron chi connectivity index (χ1n) is 13.4. The summed E-state index contributed by atoms with van der Waals surface area (Å²) in [4.78, 5) is 28.0. The number of piperidine rings is 1. The zero-order valence-corrected chi connectivity index (χ0v) is 24.5. The van der Waals surface area contributed by atoms with Crippen molar-refractivity contribution in [1.82, 2.24) is 10.2 Å². The highest BCUT2D eigenvalue weighted by Crippen LogP contribution is 2.38. The third-order valence-corrected chi connectivity index (χ3v) is 8.68. The standard InChI is InChI=1S/C31H28Cl2F6N2O2/c1-19(42)29(22-5-3-2-4-6-22)10-13-41(14-11-29)12-9-27(20-7-8-25(32)26(33)17-20)40-28(43)21-15-23(30(34,35)36)18-24(16-21)31(37,38)39/h2-8,15-18,27H,9-14H2,1H3,(H,40,43). The van der Waals surface area contributed by atoms with Crippen LogP contribution in [0.25, 0.3) is 0 Å². The highest BCUT2D eigenvalue weighted by molar-refractivity contribution is 6.42. The van der Waals surface area contributed by atoms with E-state index in [1.807, 2.05) is 30.3 Å². The minimum Gasteiger partial charge on any atom is -0.345 e. The summed E-state index contributed by atoms with van der Waals surface area (Å²) < 4.78 is 80.4. The zero-order valence-electron chi connectivity index (χ0n) is 23.0. The molecule has 1 heterocycles. The van der Waals surface area contributed by atoms with Crippen LogP contribution < -0.4 is 5.32 Å². The predicted octanol–water partition coefficient (Wildman–Crippen LogP) is 8.52. The van der Waals surface area contributed by atoms with Gasteiger partial charge in [0.05, 0.1) is 32.6 Å². The lowest BCUT2D eigenvalue weighted by Crippen LogP contribution is -2.47. The van der Waals surface area contributed by atoms with Crippen molar-refractivity contribution >= 4 is 34.9 Å². The summed E-state index contributed by atoms with van der Waals surface area (Å²) in [5.41, 5.74) is -3.14. The maximum Gasteiger partial charge on any atom is 0.416 e. The summed E-state index contributed by atoms with van der Waals surface area (Å²) in [6.45, 7) is 3.14. The van der Waals surface area contributed by atoms with Gasteiger partial charge in [0.15, 0.2) is 0 Å². The monoisotopic (exact) mass is 644 g/mol. The third-order valence-electron chi connectivity index (χ3n) is 7.95. The molecule has 4 nitrogen and oxygen atoms in total. The summed E-state index contributed by atoms with van der Waals surface area (Å²) in [7, 11) is 0. The SMILES string of the molecule is CC(=O)C1(c2ccccc2)CCN(CCC(NC(=O)c2cc(C(F)(F)F)cc(C(F)(F)F)c2)c2ccc(Cl)c(Cl)c2)CC1. The number of hydrogen-bond acceptors (Lipinski definition) is 3. The van der Waals surface area contributed by atoms with Gasteiger partial charge in [-0.1, -0.05) is 59.6 Å². The molecule has 0 aromatic heterocycles. The van der Waals surface area contributed by atoms with Gasteiger partial charge in [-0.15, -0.1) is 0 Å². The fraction of sp³-hybridized carbons (Fsp3) is 0.355. The molecule has 4 rings (SSSR count). The molecule has 0 bridgehead atoms. The van der Waals surface area contributed by atoms with Crippen molar-refractivity contribution in [1.29, 1.82) is 0 Å². The molecule has 12 heteroatoms. The van der Waals surface area contributed by atoms with Gasteiger partial charge in [-0.2, -0.15) is 26.3 Å². The van der Waals surface area contributed by atoms with Crippen molar-refractivity contribution in [2.75, 3.05) is 19.6 Å². The Morgan fingerprint density at radius 3 is 1.95 bits per heavy atom. The molecule has 0 spiro atoms. The first kappa shape index (κ1) is 32.8. The van der Waals surface area contributed by atoms with Gasteiger partial charge in [0, 0.05) is 12.1 Å². The summed E-state index contributed by atoms with van der Waals surface area (Å²) in [5, 5.41) is 3.00. The van der Waals surface area contributed by atoms with E-state index in [4.69, 9.17) is 23.2 Å². The molecule has 1 aliphatic heterocycles. The van der Waals surface area contributed by atoms with Gasteiger partial charge in [0.1, 0.15) is 5.78 Å². The van der Waals surface area contributed by atoms with Crippen LogP contribution in [0.1, 0.15) is 64.8 Å². The Bertz CT molecular complexity index is 1440. The van der Waals surface area contributed by atoms with Crippen molar-refractivity contribution in [3.05, 3.63) is 105 Å². The highest BCUT2D eigenvalue weighted by atomic mass is 35.5. The van der Waals surface area contributed by atoms with Crippen LogP contribution in [0.2, 0.25) is 10.0 Å². The maximum atomic E-state index is 13.4. The summed E-state index contributed by atoms with van der Waals surface area (Å²) in [6, 6.07) is 14.0. The third kappa shape index (κ3) is 7.72. The van der Waals surface area contributed by atoms with Crippen LogP contribution in [0.3, 0.4) is 0 Å². The number of amides is 1. The van der Waals surface area contributed by atoms with Gasteiger partial charge < -0.3 is 10.2 Å². The van der Waals surface area contributed by atoms with Crippen LogP contribution in [0.5, 0.6) is 0 Å². The topological polar surface area (TPSA) is 49.4 Å². The largest absolute Gasteiger partial charge is 0.416 e. The Kier molecular flexibility index (Phi) is 9.83. The maximum absolute atomic E-state index is 13.4. The summed E-state index contributed by atoms with van der Waals surface area (Å²) in [5.74, 6) is -1.04. The number of nitrogens with one attached hydrogen (secondary N) is 1. The highest BCUT2D eigenvalue weighted by Gasteiger charge is 2.41. The molecule has 1 atom stereocenters. The fourth-order valence-corrected chi connectivity index (χ4v) is 5.76. The Morgan fingerprint density at radius 1 is 0.860 bits per heavy atom. The minimum atomic E-state index is -5.09. The number of carbonyl (C=O) groups excluding carboxylic acids is 2. The Morgan fingerprint density at radius 2 is 1.44 bits per heavy atom. The van der Waals surface area contributed by atoms with Gasteiger partial charge in [0.2, 0.25) is 0 Å². The molecule has 1 fully saturated rings. The number of halogens is 8. The summed E-state index contributed by atoms with van der Waals surface area (Å²) in [6.07, 6.45) is -8.79. The number of carbonyl (C=O) groups is 2. The number of nitrogens with zero attached hydrogens (tertiary/aromatic N) is 1. The molecular formula is C31H28Cl2F6N2O2. The van der Waals surface area contributed by atoms with E-state index in [9.17, 15) is 35.9 Å². The number of rotatable bonds is 8. The number of alkyl halides is 6. The molecular weight excluding hydrogens is 617 g/mol. The number of Topliss-reactive ketones (excluding diaryl/α,β-unsaturated/α-hetero) is 1. The van der Waals surface area contributed by atoms with E-state index < -0.39 is 46.4 Å². The second-order valence-corrected chi connectivity index (χ2v) is 11.4. The Labute approximate surface area is 255 Å². The number of benzene rings is 3. The zero-order chi connectivity index (χ0) is 31.6. The normalized spacial score (nSPS) is 16.5. The van der Waals surface area contributed by atoms with Crippen molar-refractivity contribution < 1.29 is 35.9 Å². The molecule has 1 unspecified atom stereocenters. The first-order chi connectivity index (χ1) is 20.1. The van der Waals surface area contributed by atoms with Crippen molar-refractivity contribution in [3.8, 4) is 0 Å². The molecule has 0 radical (unpaired) electrons. The lowest BCUT2D eigenvalue weighted by Gasteiger charge is -2.41. The number of hydrogen-bond donors (Lipinski definition) is 1. The van der Waals surface area contributed by atoms with Crippen LogP contribution >= 0.6 is 23.2 Å². The van der Waals surface area contributed by atoms with Crippen LogP contribution in [0.15, 0.2) is 66.7 Å². The van der Waals surface area contributed by atoms with Crippen molar-refractivity contribution in [2.24, 2.45) is 0 Å². The molecule has 1 saturated heterocycles. The molecule has 230 valence electrons. The molecule has 0 aliphatic carbocycles. The first-order valence-corrected chi connectivity index (χ1v) is 14.2. The van der Waals surface area contributed by atoms with Gasteiger partial charge in [-0.3, -0.25) is 9.59 Å². The van der Waals surface area contributed by atoms with Crippen LogP contribution in [0, 0.1) is 0 Å². The Hall–Kier alpha value is -3.08. The van der Waals surface area contributed by atoms with Crippen LogP contribution in [-0.4, -0.2) is 36.2 Å². The number of likely N-dealkylation sites (tertiary alicyclic amines) is 1. The molecule has 0 saturated carbocycles. The molecule has 1 aliphatic rings. The Balaban J connectivity index is 1.55. The summed E-state index contributed by atoms with van der Waals surface area (Å²) >= 11 is 12.2. The van der Waals surface area contributed by atoms with Gasteiger partial charge >= 0.3 is 12.4 Å².